The molecule has 1 aromatic heterocycles. The summed E-state index contributed by atoms with van der Waals surface area (Å²) in [5, 5.41) is 20.8. The molecule has 0 bridgehead atoms. The monoisotopic (exact) mass is 284 g/mol. The highest BCUT2D eigenvalue weighted by atomic mass is 16.6. The van der Waals surface area contributed by atoms with Crippen LogP contribution < -0.4 is 4.90 Å². The molecule has 0 spiro atoms. The molecule has 0 saturated heterocycles. The minimum Gasteiger partial charge on any atom is -0.370 e. The summed E-state index contributed by atoms with van der Waals surface area (Å²) in [5.41, 5.74) is 1.25. The fraction of sp³-hybridized carbons (Fsp3) is 0.333. The average Bonchev–Trinajstić information content (AvgIpc) is 2.51. The van der Waals surface area contributed by atoms with Crippen molar-refractivity contribution in [3.05, 3.63) is 40.6 Å². The number of benzene rings is 1. The molecule has 0 amide bonds. The minimum atomic E-state index is -0.423. The molecule has 0 fully saturated rings. The van der Waals surface area contributed by atoms with Gasteiger partial charge in [-0.3, -0.25) is 10.1 Å². The number of para-hydroxylation sites is 1. The highest BCUT2D eigenvalue weighted by molar-refractivity contribution is 5.96. The van der Waals surface area contributed by atoms with Crippen molar-refractivity contribution in [1.82, 2.24) is 4.98 Å². The van der Waals surface area contributed by atoms with Gasteiger partial charge in [-0.15, -0.1) is 0 Å². The molecular formula is C15H16N4O2. The van der Waals surface area contributed by atoms with Crippen molar-refractivity contribution in [2.75, 3.05) is 18.0 Å². The maximum atomic E-state index is 11.1. The molecular weight excluding hydrogens is 268 g/mol. The van der Waals surface area contributed by atoms with Crippen molar-refractivity contribution < 1.29 is 4.92 Å². The van der Waals surface area contributed by atoms with Crippen LogP contribution in [0.4, 0.5) is 11.4 Å². The first-order valence-electron chi connectivity index (χ1n) is 6.75. The zero-order chi connectivity index (χ0) is 15.4. The maximum absolute atomic E-state index is 11.1. The Labute approximate surface area is 122 Å². The molecule has 21 heavy (non-hydrogen) atoms. The molecule has 108 valence electrons. The Hall–Kier alpha value is -2.68. The Bertz CT molecular complexity index is 708. The third kappa shape index (κ3) is 2.92. The standard InChI is InChI=1S/C15H16N4O2/c1-3-18(10-11(2)9-16)13-7-8-17-15-12(13)5-4-6-14(15)19(20)21/h4-8,11H,3,10H2,1-2H3. The van der Waals surface area contributed by atoms with Crippen molar-refractivity contribution in [1.29, 1.82) is 5.26 Å². The van der Waals surface area contributed by atoms with E-state index in [2.05, 4.69) is 11.1 Å². The van der Waals surface area contributed by atoms with Crippen LogP contribution in [-0.2, 0) is 0 Å². The van der Waals surface area contributed by atoms with Gasteiger partial charge >= 0.3 is 0 Å². The number of rotatable bonds is 5. The highest BCUT2D eigenvalue weighted by Crippen LogP contribution is 2.31. The van der Waals surface area contributed by atoms with Crippen LogP contribution in [0.15, 0.2) is 30.5 Å². The summed E-state index contributed by atoms with van der Waals surface area (Å²) in [7, 11) is 0. The molecule has 2 rings (SSSR count). The van der Waals surface area contributed by atoms with E-state index in [1.807, 2.05) is 30.9 Å². The largest absolute Gasteiger partial charge is 0.370 e. The van der Waals surface area contributed by atoms with Crippen molar-refractivity contribution >= 4 is 22.3 Å². The van der Waals surface area contributed by atoms with Gasteiger partial charge in [0.15, 0.2) is 0 Å². The average molecular weight is 284 g/mol. The van der Waals surface area contributed by atoms with E-state index in [9.17, 15) is 10.1 Å². The van der Waals surface area contributed by atoms with Gasteiger partial charge < -0.3 is 4.90 Å². The number of nitro benzene ring substituents is 1. The van der Waals surface area contributed by atoms with Crippen LogP contribution in [0, 0.1) is 27.4 Å². The van der Waals surface area contributed by atoms with Crippen molar-refractivity contribution in [2.24, 2.45) is 5.92 Å². The van der Waals surface area contributed by atoms with Crippen LogP contribution in [0.1, 0.15) is 13.8 Å². The van der Waals surface area contributed by atoms with Crippen LogP contribution in [0.5, 0.6) is 0 Å². The second kappa shape index (κ2) is 6.18. The predicted octanol–water partition coefficient (Wildman–Crippen LogP) is 3.13. The lowest BCUT2D eigenvalue weighted by Gasteiger charge is -2.25. The zero-order valence-corrected chi connectivity index (χ0v) is 12.0. The molecule has 1 unspecified atom stereocenters. The zero-order valence-electron chi connectivity index (χ0n) is 12.0. The molecule has 2 aromatic rings. The molecule has 0 aliphatic carbocycles. The van der Waals surface area contributed by atoms with Gasteiger partial charge in [0.05, 0.1) is 16.9 Å². The van der Waals surface area contributed by atoms with E-state index in [1.165, 1.54) is 6.07 Å². The van der Waals surface area contributed by atoms with Gasteiger partial charge in [-0.05, 0) is 19.9 Å². The maximum Gasteiger partial charge on any atom is 0.295 e. The number of hydrogen-bond acceptors (Lipinski definition) is 5. The van der Waals surface area contributed by atoms with Crippen LogP contribution in [-0.4, -0.2) is 23.0 Å². The number of aromatic nitrogens is 1. The summed E-state index contributed by atoms with van der Waals surface area (Å²) in [6.45, 7) is 5.14. The normalized spacial score (nSPS) is 11.9. The van der Waals surface area contributed by atoms with Crippen LogP contribution >= 0.6 is 0 Å². The number of pyridine rings is 1. The Morgan fingerprint density at radius 2 is 2.24 bits per heavy atom. The highest BCUT2D eigenvalue weighted by Gasteiger charge is 2.17. The summed E-state index contributed by atoms with van der Waals surface area (Å²) in [4.78, 5) is 16.9. The van der Waals surface area contributed by atoms with Gasteiger partial charge in [-0.25, -0.2) is 4.98 Å². The summed E-state index contributed by atoms with van der Waals surface area (Å²) < 4.78 is 0. The van der Waals surface area contributed by atoms with Gasteiger partial charge in [-0.2, -0.15) is 5.26 Å². The van der Waals surface area contributed by atoms with Crippen molar-refractivity contribution in [2.45, 2.75) is 13.8 Å². The second-order valence-corrected chi connectivity index (χ2v) is 4.83. The summed E-state index contributed by atoms with van der Waals surface area (Å²) in [5.74, 6) is -0.119. The van der Waals surface area contributed by atoms with E-state index >= 15 is 0 Å². The fourth-order valence-corrected chi connectivity index (χ4v) is 2.34. The van der Waals surface area contributed by atoms with Gasteiger partial charge in [0.25, 0.3) is 5.69 Å². The lowest BCUT2D eigenvalue weighted by Crippen LogP contribution is -2.27. The van der Waals surface area contributed by atoms with E-state index in [0.29, 0.717) is 18.6 Å². The third-order valence-electron chi connectivity index (χ3n) is 3.36. The summed E-state index contributed by atoms with van der Waals surface area (Å²) in [6.07, 6.45) is 1.57. The number of nitriles is 1. The smallest absolute Gasteiger partial charge is 0.295 e. The van der Waals surface area contributed by atoms with Crippen molar-refractivity contribution in [3.8, 4) is 6.07 Å². The summed E-state index contributed by atoms with van der Waals surface area (Å²) in [6, 6.07) is 8.98. The Morgan fingerprint density at radius 3 is 2.86 bits per heavy atom. The first kappa shape index (κ1) is 14.7. The summed E-state index contributed by atoms with van der Waals surface area (Å²) >= 11 is 0. The second-order valence-electron chi connectivity index (χ2n) is 4.83. The van der Waals surface area contributed by atoms with Gasteiger partial charge in [-0.1, -0.05) is 12.1 Å². The molecule has 6 nitrogen and oxygen atoms in total. The molecule has 0 radical (unpaired) electrons. The number of fused-ring (bicyclic) bond motifs is 1. The van der Waals surface area contributed by atoms with E-state index in [0.717, 1.165) is 11.1 Å². The molecule has 0 N–H and O–H groups in total. The fourth-order valence-electron chi connectivity index (χ4n) is 2.34. The SMILES string of the molecule is CCN(CC(C)C#N)c1ccnc2c([N+](=O)[O-])cccc12. The third-order valence-corrected chi connectivity index (χ3v) is 3.36. The molecule has 6 heteroatoms. The van der Waals surface area contributed by atoms with E-state index in [1.54, 1.807) is 12.3 Å². The van der Waals surface area contributed by atoms with Crippen LogP contribution in [0.3, 0.4) is 0 Å². The Balaban J connectivity index is 2.56. The number of hydrogen-bond donors (Lipinski definition) is 0. The van der Waals surface area contributed by atoms with Crippen molar-refractivity contribution in [3.63, 3.8) is 0 Å². The first-order valence-corrected chi connectivity index (χ1v) is 6.75. The van der Waals surface area contributed by atoms with Crippen LogP contribution in [0.2, 0.25) is 0 Å². The van der Waals surface area contributed by atoms with Crippen LogP contribution in [0.25, 0.3) is 10.9 Å². The molecule has 1 atom stereocenters. The number of nitrogens with zero attached hydrogens (tertiary/aromatic N) is 4. The Morgan fingerprint density at radius 1 is 1.48 bits per heavy atom. The van der Waals surface area contributed by atoms with Gasteiger partial charge in [0.2, 0.25) is 0 Å². The van der Waals surface area contributed by atoms with E-state index in [4.69, 9.17) is 5.26 Å². The quantitative estimate of drug-likeness (QED) is 0.622. The molecule has 0 aliphatic rings. The molecule has 0 aliphatic heterocycles. The number of non-ortho nitro benzene ring substituents is 1. The van der Waals surface area contributed by atoms with E-state index < -0.39 is 4.92 Å². The lowest BCUT2D eigenvalue weighted by molar-refractivity contribution is -0.383. The van der Waals surface area contributed by atoms with Gasteiger partial charge in [0.1, 0.15) is 5.52 Å². The first-order chi connectivity index (χ1) is 10.1. The molecule has 1 aromatic carbocycles. The molecule has 0 saturated carbocycles. The number of nitro groups is 1. The van der Waals surface area contributed by atoms with E-state index in [-0.39, 0.29) is 11.6 Å². The Kier molecular flexibility index (Phi) is 4.33. The topological polar surface area (TPSA) is 83.1 Å². The predicted molar refractivity (Wildman–Crippen MR) is 81.1 cm³/mol. The number of anilines is 1. The van der Waals surface area contributed by atoms with Gasteiger partial charge in [0, 0.05) is 36.4 Å². The molecule has 1 heterocycles. The minimum absolute atomic E-state index is 0.00117. The lowest BCUT2D eigenvalue weighted by atomic mass is 10.1.